The Morgan fingerprint density at radius 1 is 0.739 bits per heavy atom. The minimum atomic E-state index is -0.0566. The van der Waals surface area contributed by atoms with E-state index in [1.807, 2.05) is 0 Å². The maximum atomic E-state index is 10.9. The van der Waals surface area contributed by atoms with Crippen LogP contribution in [0.15, 0.2) is 24.3 Å². The van der Waals surface area contributed by atoms with Crippen LogP contribution >= 0.6 is 0 Å². The fraction of sp³-hybridized carbons (Fsp3) is 0.750. The van der Waals surface area contributed by atoms with E-state index in [4.69, 9.17) is 5.84 Å². The summed E-state index contributed by atoms with van der Waals surface area (Å²) >= 11 is 0. The summed E-state index contributed by atoms with van der Waals surface area (Å²) in [5, 5.41) is 0. The molecule has 0 bridgehead atoms. The van der Waals surface area contributed by atoms with Crippen molar-refractivity contribution in [2.24, 2.45) is 5.84 Å². The largest absolute Gasteiger partial charge is 0.294 e. The van der Waals surface area contributed by atoms with Crippen LogP contribution in [-0.2, 0) is 4.79 Å². The fourth-order valence-electron chi connectivity index (χ4n) is 2.50. The molecule has 0 aliphatic rings. The Morgan fingerprint density at radius 3 is 1.74 bits per heavy atom. The summed E-state index contributed by atoms with van der Waals surface area (Å²) in [6, 6.07) is 0. The Kier molecular flexibility index (Phi) is 18.1. The van der Waals surface area contributed by atoms with Gasteiger partial charge in [-0.05, 0) is 44.9 Å². The molecule has 0 heterocycles. The molecule has 0 radical (unpaired) electrons. The lowest BCUT2D eigenvalue weighted by molar-refractivity contribution is -0.121. The molecule has 0 atom stereocenters. The van der Waals surface area contributed by atoms with Gasteiger partial charge < -0.3 is 0 Å². The average Bonchev–Trinajstić information content (AvgIpc) is 2.57. The number of hydrogen-bond acceptors (Lipinski definition) is 2. The molecule has 0 spiro atoms. The molecule has 0 aromatic carbocycles. The van der Waals surface area contributed by atoms with Gasteiger partial charge in [0.2, 0.25) is 5.91 Å². The lowest BCUT2D eigenvalue weighted by Gasteiger charge is -1.99. The zero-order valence-corrected chi connectivity index (χ0v) is 15.2. The molecule has 0 saturated heterocycles. The zero-order chi connectivity index (χ0) is 17.0. The lowest BCUT2D eigenvalue weighted by atomic mass is 10.1. The Morgan fingerprint density at radius 2 is 1.22 bits per heavy atom. The molecule has 3 heteroatoms. The molecular weight excluding hydrogens is 284 g/mol. The number of unbranched alkanes of at least 4 members (excludes halogenated alkanes) is 10. The molecule has 23 heavy (non-hydrogen) atoms. The van der Waals surface area contributed by atoms with Crippen LogP contribution in [0.3, 0.4) is 0 Å². The minimum absolute atomic E-state index is 0.0566. The normalized spacial score (nSPS) is 11.6. The van der Waals surface area contributed by atoms with Crippen LogP contribution in [0.2, 0.25) is 0 Å². The van der Waals surface area contributed by atoms with E-state index in [2.05, 4.69) is 36.7 Å². The van der Waals surface area contributed by atoms with E-state index in [0.717, 1.165) is 25.7 Å². The smallest absolute Gasteiger partial charge is 0.233 e. The number of amides is 1. The summed E-state index contributed by atoms with van der Waals surface area (Å²) in [5.41, 5.74) is 2.16. The number of carbonyl (C=O) groups is 1. The molecule has 0 unspecified atom stereocenters. The maximum absolute atomic E-state index is 10.9. The summed E-state index contributed by atoms with van der Waals surface area (Å²) in [4.78, 5) is 10.9. The van der Waals surface area contributed by atoms with Crippen LogP contribution < -0.4 is 11.3 Å². The first-order valence-electron chi connectivity index (χ1n) is 9.60. The molecule has 0 aromatic heterocycles. The van der Waals surface area contributed by atoms with Crippen LogP contribution in [0, 0.1) is 0 Å². The van der Waals surface area contributed by atoms with Crippen molar-refractivity contribution in [2.45, 2.75) is 96.8 Å². The standard InChI is InChI=1S/C20H38N2O/c1-2-3-4-5-6-7-8-9-10-11-12-13-14-15-16-17-18-19-20(23)22-21/h8-9,12-13H,2-7,10-11,14-19,21H2,1H3,(H,22,23). The molecule has 1 amide bonds. The van der Waals surface area contributed by atoms with Crippen molar-refractivity contribution in [3.05, 3.63) is 24.3 Å². The average molecular weight is 323 g/mol. The van der Waals surface area contributed by atoms with Crippen molar-refractivity contribution in [1.29, 1.82) is 0 Å². The van der Waals surface area contributed by atoms with E-state index in [0.29, 0.717) is 6.42 Å². The van der Waals surface area contributed by atoms with Crippen molar-refractivity contribution in [2.75, 3.05) is 0 Å². The third-order valence-corrected chi connectivity index (χ3v) is 3.99. The number of nitrogens with one attached hydrogen (secondary N) is 1. The highest BCUT2D eigenvalue weighted by molar-refractivity contribution is 5.74. The second-order valence-electron chi connectivity index (χ2n) is 6.24. The predicted molar refractivity (Wildman–Crippen MR) is 101 cm³/mol. The van der Waals surface area contributed by atoms with E-state index in [1.165, 1.54) is 57.8 Å². The first kappa shape index (κ1) is 21.9. The van der Waals surface area contributed by atoms with Crippen LogP contribution in [0.25, 0.3) is 0 Å². The second kappa shape index (κ2) is 19.0. The van der Waals surface area contributed by atoms with Gasteiger partial charge in [0, 0.05) is 6.42 Å². The van der Waals surface area contributed by atoms with Gasteiger partial charge in [0.05, 0.1) is 0 Å². The van der Waals surface area contributed by atoms with Crippen LogP contribution in [0.4, 0.5) is 0 Å². The van der Waals surface area contributed by atoms with Gasteiger partial charge in [-0.2, -0.15) is 0 Å². The highest BCUT2D eigenvalue weighted by atomic mass is 16.2. The third-order valence-electron chi connectivity index (χ3n) is 3.99. The molecule has 0 fully saturated rings. The molecule has 134 valence electrons. The molecule has 0 aliphatic heterocycles. The number of hydrogen-bond donors (Lipinski definition) is 2. The van der Waals surface area contributed by atoms with Gasteiger partial charge >= 0.3 is 0 Å². The summed E-state index contributed by atoms with van der Waals surface area (Å²) in [7, 11) is 0. The Hall–Kier alpha value is -1.09. The van der Waals surface area contributed by atoms with Gasteiger partial charge in [-0.15, -0.1) is 0 Å². The topological polar surface area (TPSA) is 55.1 Å². The predicted octanol–water partition coefficient (Wildman–Crippen LogP) is 5.57. The monoisotopic (exact) mass is 322 g/mol. The van der Waals surface area contributed by atoms with Crippen LogP contribution in [-0.4, -0.2) is 5.91 Å². The highest BCUT2D eigenvalue weighted by Crippen LogP contribution is 2.07. The van der Waals surface area contributed by atoms with Gasteiger partial charge in [-0.25, -0.2) is 5.84 Å². The molecule has 0 rings (SSSR count). The third kappa shape index (κ3) is 18.9. The van der Waals surface area contributed by atoms with Crippen molar-refractivity contribution in [1.82, 2.24) is 5.43 Å². The minimum Gasteiger partial charge on any atom is -0.294 e. The van der Waals surface area contributed by atoms with Crippen molar-refractivity contribution in [3.8, 4) is 0 Å². The van der Waals surface area contributed by atoms with E-state index >= 15 is 0 Å². The summed E-state index contributed by atoms with van der Waals surface area (Å²) in [5.74, 6) is 4.97. The number of nitrogens with two attached hydrogens (primary N) is 1. The van der Waals surface area contributed by atoms with E-state index in [-0.39, 0.29) is 5.91 Å². The Labute approximate surface area is 143 Å². The lowest BCUT2D eigenvalue weighted by Crippen LogP contribution is -2.29. The number of allylic oxidation sites excluding steroid dienone is 4. The second-order valence-corrected chi connectivity index (χ2v) is 6.24. The highest BCUT2D eigenvalue weighted by Gasteiger charge is 1.96. The van der Waals surface area contributed by atoms with E-state index in [9.17, 15) is 4.79 Å². The molecule has 0 saturated carbocycles. The summed E-state index contributed by atoms with van der Waals surface area (Å²) in [6.45, 7) is 2.26. The number of carbonyl (C=O) groups excluding carboxylic acids is 1. The number of rotatable bonds is 16. The molecule has 0 aromatic rings. The van der Waals surface area contributed by atoms with E-state index < -0.39 is 0 Å². The fourth-order valence-corrected chi connectivity index (χ4v) is 2.50. The van der Waals surface area contributed by atoms with Gasteiger partial charge in [0.15, 0.2) is 0 Å². The molecule has 3 N–H and O–H groups in total. The van der Waals surface area contributed by atoms with Crippen molar-refractivity contribution in [3.63, 3.8) is 0 Å². The van der Waals surface area contributed by atoms with E-state index in [1.54, 1.807) is 0 Å². The molecule has 3 nitrogen and oxygen atoms in total. The number of hydrazine groups is 1. The molecule has 0 aliphatic carbocycles. The van der Waals surface area contributed by atoms with Gasteiger partial charge in [-0.3, -0.25) is 10.2 Å². The Balaban J connectivity index is 3.20. The van der Waals surface area contributed by atoms with Gasteiger partial charge in [-0.1, -0.05) is 69.8 Å². The first-order valence-corrected chi connectivity index (χ1v) is 9.60. The van der Waals surface area contributed by atoms with Crippen LogP contribution in [0.1, 0.15) is 96.8 Å². The first-order chi connectivity index (χ1) is 11.3. The maximum Gasteiger partial charge on any atom is 0.233 e. The molecular formula is C20H38N2O. The quantitative estimate of drug-likeness (QED) is 0.128. The van der Waals surface area contributed by atoms with Crippen molar-refractivity contribution >= 4 is 5.91 Å². The van der Waals surface area contributed by atoms with Crippen LogP contribution in [0.5, 0.6) is 0 Å². The Bertz CT molecular complexity index is 311. The zero-order valence-electron chi connectivity index (χ0n) is 15.2. The van der Waals surface area contributed by atoms with Gasteiger partial charge in [0.1, 0.15) is 0 Å². The summed E-state index contributed by atoms with van der Waals surface area (Å²) < 4.78 is 0. The summed E-state index contributed by atoms with van der Waals surface area (Å²) in [6.07, 6.45) is 25.8. The van der Waals surface area contributed by atoms with Crippen molar-refractivity contribution < 1.29 is 4.79 Å². The SMILES string of the molecule is CCCCCCCC=CCCC=CCCCCCCC(=O)NN. The van der Waals surface area contributed by atoms with Gasteiger partial charge in [0.25, 0.3) is 0 Å².